The largest absolute Gasteiger partial charge is 0.348 e. The van der Waals surface area contributed by atoms with Crippen molar-refractivity contribution in [1.29, 1.82) is 0 Å². The third-order valence-corrected chi connectivity index (χ3v) is 2.65. The third-order valence-electron chi connectivity index (χ3n) is 2.65. The van der Waals surface area contributed by atoms with E-state index in [0.717, 1.165) is 6.54 Å². The number of hydrogen-bond acceptors (Lipinski definition) is 1. The van der Waals surface area contributed by atoms with Crippen LogP contribution in [0.15, 0.2) is 35.7 Å². The normalized spacial score (nSPS) is 21.3. The van der Waals surface area contributed by atoms with Crippen molar-refractivity contribution >= 4 is 0 Å². The van der Waals surface area contributed by atoms with E-state index in [2.05, 4.69) is 50.1 Å². The van der Waals surface area contributed by atoms with Gasteiger partial charge in [0.25, 0.3) is 0 Å². The SMILES string of the molecule is CC(C)(C)C1=CN2CCC=C2C=C1. The summed E-state index contributed by atoms with van der Waals surface area (Å²) in [6, 6.07) is 0. The van der Waals surface area contributed by atoms with E-state index in [0.29, 0.717) is 0 Å². The van der Waals surface area contributed by atoms with Gasteiger partial charge in [0.15, 0.2) is 0 Å². The van der Waals surface area contributed by atoms with Crippen LogP contribution in [0.25, 0.3) is 0 Å². The van der Waals surface area contributed by atoms with Crippen molar-refractivity contribution in [2.75, 3.05) is 6.54 Å². The van der Waals surface area contributed by atoms with Crippen LogP contribution < -0.4 is 0 Å². The number of allylic oxidation sites excluding steroid dienone is 3. The Balaban J connectivity index is 2.27. The third kappa shape index (κ3) is 1.55. The van der Waals surface area contributed by atoms with Gasteiger partial charge in [-0.25, -0.2) is 0 Å². The van der Waals surface area contributed by atoms with Crippen LogP contribution >= 0.6 is 0 Å². The molecule has 0 aromatic heterocycles. The van der Waals surface area contributed by atoms with Crippen molar-refractivity contribution in [2.24, 2.45) is 5.41 Å². The highest BCUT2D eigenvalue weighted by Gasteiger charge is 2.21. The van der Waals surface area contributed by atoms with Crippen molar-refractivity contribution < 1.29 is 0 Å². The average molecular weight is 175 g/mol. The molecule has 0 saturated carbocycles. The Morgan fingerprint density at radius 3 is 2.69 bits per heavy atom. The zero-order valence-corrected chi connectivity index (χ0v) is 8.67. The van der Waals surface area contributed by atoms with Gasteiger partial charge in [0.05, 0.1) is 0 Å². The van der Waals surface area contributed by atoms with Gasteiger partial charge < -0.3 is 4.90 Å². The standard InChI is InChI=1S/C12H17N/c1-12(2,3)10-6-7-11-5-4-8-13(11)9-10/h5-7,9H,4,8H2,1-3H3. The molecule has 70 valence electrons. The topological polar surface area (TPSA) is 3.24 Å². The van der Waals surface area contributed by atoms with E-state index >= 15 is 0 Å². The summed E-state index contributed by atoms with van der Waals surface area (Å²) in [5, 5.41) is 0. The van der Waals surface area contributed by atoms with E-state index in [1.54, 1.807) is 0 Å². The van der Waals surface area contributed by atoms with Crippen molar-refractivity contribution in [2.45, 2.75) is 27.2 Å². The molecule has 0 atom stereocenters. The molecule has 1 nitrogen and oxygen atoms in total. The first-order valence-corrected chi connectivity index (χ1v) is 4.94. The van der Waals surface area contributed by atoms with Gasteiger partial charge in [-0.05, 0) is 23.5 Å². The maximum atomic E-state index is 2.35. The lowest BCUT2D eigenvalue weighted by Crippen LogP contribution is -2.19. The van der Waals surface area contributed by atoms with Crippen LogP contribution in [-0.2, 0) is 0 Å². The molecule has 0 spiro atoms. The first-order chi connectivity index (χ1) is 6.07. The van der Waals surface area contributed by atoms with E-state index in [9.17, 15) is 0 Å². The lowest BCUT2D eigenvalue weighted by molar-refractivity contribution is 0.463. The fraction of sp³-hybridized carbons (Fsp3) is 0.500. The predicted octanol–water partition coefficient (Wildman–Crippen LogP) is 3.08. The summed E-state index contributed by atoms with van der Waals surface area (Å²) < 4.78 is 0. The van der Waals surface area contributed by atoms with Crippen molar-refractivity contribution in [3.63, 3.8) is 0 Å². The Morgan fingerprint density at radius 2 is 2.00 bits per heavy atom. The van der Waals surface area contributed by atoms with Gasteiger partial charge in [0, 0.05) is 18.4 Å². The predicted molar refractivity (Wildman–Crippen MR) is 56.1 cm³/mol. The Morgan fingerprint density at radius 1 is 1.23 bits per heavy atom. The van der Waals surface area contributed by atoms with Gasteiger partial charge in [0.1, 0.15) is 0 Å². The Kier molecular flexibility index (Phi) is 1.83. The van der Waals surface area contributed by atoms with Gasteiger partial charge in [-0.2, -0.15) is 0 Å². The maximum Gasteiger partial charge on any atom is 0.0366 e. The van der Waals surface area contributed by atoms with Gasteiger partial charge in [-0.3, -0.25) is 0 Å². The van der Waals surface area contributed by atoms with E-state index in [1.807, 2.05) is 0 Å². The first kappa shape index (κ1) is 8.61. The smallest absolute Gasteiger partial charge is 0.0366 e. The van der Waals surface area contributed by atoms with E-state index in [1.165, 1.54) is 17.7 Å². The molecule has 0 N–H and O–H groups in total. The highest BCUT2D eigenvalue weighted by Crippen LogP contribution is 2.32. The van der Waals surface area contributed by atoms with Crippen LogP contribution in [0.2, 0.25) is 0 Å². The number of nitrogens with zero attached hydrogens (tertiary/aromatic N) is 1. The molecule has 0 aromatic carbocycles. The van der Waals surface area contributed by atoms with Gasteiger partial charge >= 0.3 is 0 Å². The molecule has 0 unspecified atom stereocenters. The lowest BCUT2D eigenvalue weighted by Gasteiger charge is -2.28. The summed E-state index contributed by atoms with van der Waals surface area (Å²) in [5.74, 6) is 0. The molecule has 1 heteroatoms. The molecule has 0 saturated heterocycles. The molecule has 0 fully saturated rings. The summed E-state index contributed by atoms with van der Waals surface area (Å²) in [6.07, 6.45) is 10.3. The van der Waals surface area contributed by atoms with Crippen LogP contribution in [0.1, 0.15) is 27.2 Å². The minimum atomic E-state index is 0.268. The fourth-order valence-corrected chi connectivity index (χ4v) is 1.73. The van der Waals surface area contributed by atoms with E-state index < -0.39 is 0 Å². The van der Waals surface area contributed by atoms with Gasteiger partial charge in [0.2, 0.25) is 0 Å². The number of rotatable bonds is 0. The lowest BCUT2D eigenvalue weighted by atomic mass is 9.86. The van der Waals surface area contributed by atoms with E-state index in [4.69, 9.17) is 0 Å². The Hall–Kier alpha value is -0.980. The summed E-state index contributed by atoms with van der Waals surface area (Å²) in [5.41, 5.74) is 3.06. The van der Waals surface area contributed by atoms with Crippen LogP contribution in [0, 0.1) is 5.41 Å². The van der Waals surface area contributed by atoms with Crippen LogP contribution in [0.3, 0.4) is 0 Å². The molecule has 2 aliphatic heterocycles. The van der Waals surface area contributed by atoms with Crippen molar-refractivity contribution in [1.82, 2.24) is 4.90 Å². The van der Waals surface area contributed by atoms with Crippen LogP contribution in [-0.4, -0.2) is 11.4 Å². The first-order valence-electron chi connectivity index (χ1n) is 4.94. The van der Waals surface area contributed by atoms with Gasteiger partial charge in [-0.1, -0.05) is 32.9 Å². The highest BCUT2D eigenvalue weighted by atomic mass is 15.1. The zero-order chi connectivity index (χ0) is 9.47. The number of fused-ring (bicyclic) bond motifs is 1. The average Bonchev–Trinajstić information content (AvgIpc) is 2.47. The molecule has 2 heterocycles. The second-order valence-electron chi connectivity index (χ2n) is 4.78. The molecule has 0 amide bonds. The molecule has 0 bridgehead atoms. The zero-order valence-electron chi connectivity index (χ0n) is 8.67. The summed E-state index contributed by atoms with van der Waals surface area (Å²) in [7, 11) is 0. The second-order valence-corrected chi connectivity index (χ2v) is 4.78. The quantitative estimate of drug-likeness (QED) is 0.547. The molecule has 0 radical (unpaired) electrons. The second kappa shape index (κ2) is 2.76. The summed E-state index contributed by atoms with van der Waals surface area (Å²) in [6.45, 7) is 7.93. The molecule has 2 rings (SSSR count). The van der Waals surface area contributed by atoms with Crippen molar-refractivity contribution in [3.05, 3.63) is 35.7 Å². The Bertz CT molecular complexity index is 300. The van der Waals surface area contributed by atoms with Crippen LogP contribution in [0.5, 0.6) is 0 Å². The molecule has 0 aliphatic carbocycles. The minimum Gasteiger partial charge on any atom is -0.348 e. The molecular formula is C12H17N. The van der Waals surface area contributed by atoms with Crippen LogP contribution in [0.4, 0.5) is 0 Å². The van der Waals surface area contributed by atoms with E-state index in [-0.39, 0.29) is 5.41 Å². The summed E-state index contributed by atoms with van der Waals surface area (Å²) >= 11 is 0. The summed E-state index contributed by atoms with van der Waals surface area (Å²) in [4.78, 5) is 2.35. The van der Waals surface area contributed by atoms with Gasteiger partial charge in [-0.15, -0.1) is 0 Å². The Labute approximate surface area is 80.4 Å². The molecular weight excluding hydrogens is 158 g/mol. The fourth-order valence-electron chi connectivity index (χ4n) is 1.73. The molecule has 13 heavy (non-hydrogen) atoms. The maximum absolute atomic E-state index is 2.35. The minimum absolute atomic E-state index is 0.268. The molecule has 2 aliphatic rings. The van der Waals surface area contributed by atoms with Crippen molar-refractivity contribution in [3.8, 4) is 0 Å². The number of hydrogen-bond donors (Lipinski definition) is 0. The molecule has 0 aromatic rings. The highest BCUT2D eigenvalue weighted by molar-refractivity contribution is 5.38. The monoisotopic (exact) mass is 175 g/mol.